The first-order valence-electron chi connectivity index (χ1n) is 7.40. The van der Waals surface area contributed by atoms with Gasteiger partial charge < -0.3 is 10.6 Å². The lowest BCUT2D eigenvalue weighted by Gasteiger charge is -2.07. The molecule has 1 amide bonds. The molecule has 6 heteroatoms. The summed E-state index contributed by atoms with van der Waals surface area (Å²) in [6, 6.07) is 3.99. The largest absolute Gasteiger partial charge is 0.370 e. The molecule has 2 N–H and O–H groups in total. The second-order valence-corrected chi connectivity index (χ2v) is 6.56. The van der Waals surface area contributed by atoms with Gasteiger partial charge in [-0.25, -0.2) is 9.97 Å². The van der Waals surface area contributed by atoms with Crippen molar-refractivity contribution in [2.75, 3.05) is 18.4 Å². The topological polar surface area (TPSA) is 66.9 Å². The van der Waals surface area contributed by atoms with E-state index in [-0.39, 0.29) is 5.91 Å². The van der Waals surface area contributed by atoms with Crippen LogP contribution in [0.4, 0.5) is 5.82 Å². The van der Waals surface area contributed by atoms with Crippen LogP contribution in [0.15, 0.2) is 18.3 Å². The third-order valence-corrected chi connectivity index (χ3v) is 4.29. The Morgan fingerprint density at radius 3 is 2.68 bits per heavy atom. The lowest BCUT2D eigenvalue weighted by molar-refractivity contribution is -0.120. The summed E-state index contributed by atoms with van der Waals surface area (Å²) in [4.78, 5) is 21.5. The number of rotatable bonds is 7. The summed E-state index contributed by atoms with van der Waals surface area (Å²) in [5.74, 6) is 0.924. The van der Waals surface area contributed by atoms with Gasteiger partial charge in [0.2, 0.25) is 5.91 Å². The van der Waals surface area contributed by atoms with Crippen LogP contribution in [0.5, 0.6) is 0 Å². The van der Waals surface area contributed by atoms with Crippen LogP contribution < -0.4 is 10.6 Å². The van der Waals surface area contributed by atoms with Crippen LogP contribution in [0.3, 0.4) is 0 Å². The van der Waals surface area contributed by atoms with Gasteiger partial charge in [0, 0.05) is 24.2 Å². The molecule has 0 atom stereocenters. The van der Waals surface area contributed by atoms with E-state index in [1.807, 2.05) is 39.1 Å². The monoisotopic (exact) mass is 318 g/mol. The van der Waals surface area contributed by atoms with Crippen LogP contribution in [0.2, 0.25) is 0 Å². The third-order valence-electron chi connectivity index (χ3n) is 3.21. The third kappa shape index (κ3) is 5.11. The number of carbonyl (C=O) groups excluding carboxylic acids is 1. The Morgan fingerprint density at radius 2 is 2.05 bits per heavy atom. The molecule has 118 valence electrons. The maximum Gasteiger partial charge on any atom is 0.225 e. The zero-order valence-electron chi connectivity index (χ0n) is 13.3. The van der Waals surface area contributed by atoms with E-state index >= 15 is 0 Å². The van der Waals surface area contributed by atoms with Gasteiger partial charge >= 0.3 is 0 Å². The summed E-state index contributed by atoms with van der Waals surface area (Å²) in [5, 5.41) is 7.19. The van der Waals surface area contributed by atoms with Crippen molar-refractivity contribution in [2.24, 2.45) is 0 Å². The Labute approximate surface area is 135 Å². The van der Waals surface area contributed by atoms with Gasteiger partial charge in [-0.1, -0.05) is 6.07 Å². The highest BCUT2D eigenvalue weighted by Gasteiger charge is 2.09. The Hall–Kier alpha value is -1.95. The van der Waals surface area contributed by atoms with Gasteiger partial charge in [-0.15, -0.1) is 11.3 Å². The summed E-state index contributed by atoms with van der Waals surface area (Å²) in [5.41, 5.74) is 2.11. The van der Waals surface area contributed by atoms with E-state index in [9.17, 15) is 4.79 Å². The van der Waals surface area contributed by atoms with Gasteiger partial charge in [-0.3, -0.25) is 4.79 Å². The highest BCUT2D eigenvalue weighted by molar-refractivity contribution is 7.11. The van der Waals surface area contributed by atoms with Crippen molar-refractivity contribution in [2.45, 2.75) is 33.6 Å². The summed E-state index contributed by atoms with van der Waals surface area (Å²) >= 11 is 1.59. The van der Waals surface area contributed by atoms with E-state index in [1.165, 1.54) is 0 Å². The van der Waals surface area contributed by atoms with Gasteiger partial charge in [0.15, 0.2) is 0 Å². The number of nitrogens with one attached hydrogen (secondary N) is 2. The lowest BCUT2D eigenvalue weighted by Crippen LogP contribution is -2.27. The Bertz CT molecular complexity index is 622. The molecule has 2 rings (SSSR count). The fourth-order valence-corrected chi connectivity index (χ4v) is 2.99. The normalized spacial score (nSPS) is 10.5. The molecule has 2 aromatic rings. The van der Waals surface area contributed by atoms with Crippen molar-refractivity contribution in [1.29, 1.82) is 0 Å². The van der Waals surface area contributed by atoms with Gasteiger partial charge in [0.25, 0.3) is 0 Å². The molecule has 0 aliphatic carbocycles. The fourth-order valence-electron chi connectivity index (χ4n) is 2.05. The van der Waals surface area contributed by atoms with Crippen LogP contribution in [-0.4, -0.2) is 29.0 Å². The Morgan fingerprint density at radius 1 is 1.23 bits per heavy atom. The second kappa shape index (κ2) is 7.89. The van der Waals surface area contributed by atoms with Crippen LogP contribution in [0, 0.1) is 20.8 Å². The van der Waals surface area contributed by atoms with Crippen LogP contribution in [0.1, 0.15) is 27.6 Å². The molecule has 0 bridgehead atoms. The average molecular weight is 318 g/mol. The molecular weight excluding hydrogens is 296 g/mol. The van der Waals surface area contributed by atoms with Crippen LogP contribution in [0.25, 0.3) is 0 Å². The van der Waals surface area contributed by atoms with Crippen molar-refractivity contribution < 1.29 is 4.79 Å². The molecule has 22 heavy (non-hydrogen) atoms. The summed E-state index contributed by atoms with van der Waals surface area (Å²) in [6.45, 7) is 7.37. The number of aryl methyl sites for hydroxylation is 3. The summed E-state index contributed by atoms with van der Waals surface area (Å²) in [7, 11) is 0. The Balaban J connectivity index is 1.63. The molecule has 0 fully saturated rings. The van der Waals surface area contributed by atoms with Crippen molar-refractivity contribution in [3.8, 4) is 0 Å². The van der Waals surface area contributed by atoms with Gasteiger partial charge in [-0.2, -0.15) is 0 Å². The van der Waals surface area contributed by atoms with Crippen molar-refractivity contribution in [3.05, 3.63) is 39.5 Å². The van der Waals surface area contributed by atoms with E-state index < -0.39 is 0 Å². The average Bonchev–Trinajstić information content (AvgIpc) is 2.78. The van der Waals surface area contributed by atoms with E-state index in [2.05, 4.69) is 20.6 Å². The van der Waals surface area contributed by atoms with Gasteiger partial charge in [0.05, 0.1) is 17.1 Å². The quantitative estimate of drug-likeness (QED) is 0.770. The highest BCUT2D eigenvalue weighted by atomic mass is 32.1. The SMILES string of the molecule is Cc1ccc(NCCCNC(=O)Cc2sc(C)nc2C)nc1. The summed E-state index contributed by atoms with van der Waals surface area (Å²) < 4.78 is 0. The first-order chi connectivity index (χ1) is 10.5. The van der Waals surface area contributed by atoms with Crippen molar-refractivity contribution in [3.63, 3.8) is 0 Å². The number of anilines is 1. The van der Waals surface area contributed by atoms with Crippen LogP contribution >= 0.6 is 11.3 Å². The van der Waals surface area contributed by atoms with Crippen molar-refractivity contribution in [1.82, 2.24) is 15.3 Å². The molecule has 0 aliphatic rings. The Kier molecular flexibility index (Phi) is 5.89. The molecule has 0 radical (unpaired) electrons. The summed E-state index contributed by atoms with van der Waals surface area (Å²) in [6.07, 6.45) is 3.12. The van der Waals surface area contributed by atoms with E-state index in [0.717, 1.165) is 39.9 Å². The minimum atomic E-state index is 0.0558. The number of hydrogen-bond donors (Lipinski definition) is 2. The highest BCUT2D eigenvalue weighted by Crippen LogP contribution is 2.17. The molecule has 0 aromatic carbocycles. The number of pyridine rings is 1. The van der Waals surface area contributed by atoms with Gasteiger partial charge in [-0.05, 0) is 38.8 Å². The molecule has 5 nitrogen and oxygen atoms in total. The molecule has 0 unspecified atom stereocenters. The number of thiazole rings is 1. The molecule has 0 saturated heterocycles. The predicted octanol–water partition coefficient (Wildman–Crippen LogP) is 2.62. The standard InChI is InChI=1S/C16H22N4OS/c1-11-5-6-15(19-10-11)17-7-4-8-18-16(21)9-14-12(2)20-13(3)22-14/h5-6,10H,4,7-9H2,1-3H3,(H,17,19)(H,18,21). The number of hydrogen-bond acceptors (Lipinski definition) is 5. The molecule has 2 heterocycles. The zero-order chi connectivity index (χ0) is 15.9. The van der Waals surface area contributed by atoms with E-state index in [4.69, 9.17) is 0 Å². The number of carbonyl (C=O) groups is 1. The number of nitrogens with zero attached hydrogens (tertiary/aromatic N) is 2. The van der Waals surface area contributed by atoms with Gasteiger partial charge in [0.1, 0.15) is 5.82 Å². The molecule has 0 aliphatic heterocycles. The molecular formula is C16H22N4OS. The maximum atomic E-state index is 11.9. The second-order valence-electron chi connectivity index (χ2n) is 5.27. The fraction of sp³-hybridized carbons (Fsp3) is 0.438. The number of aromatic nitrogens is 2. The minimum absolute atomic E-state index is 0.0558. The van der Waals surface area contributed by atoms with E-state index in [1.54, 1.807) is 11.3 Å². The zero-order valence-corrected chi connectivity index (χ0v) is 14.1. The number of amides is 1. The minimum Gasteiger partial charge on any atom is -0.370 e. The molecule has 0 saturated carbocycles. The smallest absolute Gasteiger partial charge is 0.225 e. The van der Waals surface area contributed by atoms with Crippen LogP contribution in [-0.2, 0) is 11.2 Å². The first-order valence-corrected chi connectivity index (χ1v) is 8.22. The van der Waals surface area contributed by atoms with E-state index in [0.29, 0.717) is 13.0 Å². The lowest BCUT2D eigenvalue weighted by atomic mass is 10.3. The molecule has 2 aromatic heterocycles. The van der Waals surface area contributed by atoms with Crippen molar-refractivity contribution >= 4 is 23.1 Å². The predicted molar refractivity (Wildman–Crippen MR) is 90.4 cm³/mol. The first kappa shape index (κ1) is 16.4. The maximum absolute atomic E-state index is 11.9. The molecule has 0 spiro atoms.